The molecule has 0 saturated carbocycles. The molecule has 1 unspecified atom stereocenters. The summed E-state index contributed by atoms with van der Waals surface area (Å²) in [5, 5.41) is 4.11. The van der Waals surface area contributed by atoms with Gasteiger partial charge in [0.15, 0.2) is 0 Å². The van der Waals surface area contributed by atoms with Crippen LogP contribution in [0.15, 0.2) is 10.7 Å². The van der Waals surface area contributed by atoms with E-state index >= 15 is 0 Å². The van der Waals surface area contributed by atoms with Crippen LogP contribution in [0, 0.1) is 0 Å². The zero-order chi connectivity index (χ0) is 7.84. The average Bonchev–Trinajstić information content (AvgIpc) is 2.73. The Balaban J connectivity index is 2.19. The third kappa shape index (κ3) is 1.46. The second kappa shape index (κ2) is 2.60. The van der Waals surface area contributed by atoms with Crippen molar-refractivity contribution in [1.82, 2.24) is 9.78 Å². The van der Waals surface area contributed by atoms with Gasteiger partial charge in [-0.2, -0.15) is 5.10 Å². The minimum atomic E-state index is 0.432. The van der Waals surface area contributed by atoms with Gasteiger partial charge in [0.05, 0.1) is 29.1 Å². The van der Waals surface area contributed by atoms with Crippen molar-refractivity contribution >= 4 is 15.9 Å². The third-order valence-electron chi connectivity index (χ3n) is 1.83. The third-order valence-corrected chi connectivity index (χ3v) is 2.50. The SMILES string of the molecule is Cn1ncc(Br)c1CC1CO1. The Kier molecular flexibility index (Phi) is 1.73. The van der Waals surface area contributed by atoms with Crippen LogP contribution >= 0.6 is 15.9 Å². The standard InChI is InChI=1S/C7H9BrN2O/c1-10-7(2-5-4-11-5)6(8)3-9-10/h3,5H,2,4H2,1H3. The molecule has 1 aromatic rings. The molecule has 1 aromatic heterocycles. The number of hydrogen-bond donors (Lipinski definition) is 0. The topological polar surface area (TPSA) is 30.4 Å². The van der Waals surface area contributed by atoms with Gasteiger partial charge in [-0.25, -0.2) is 0 Å². The van der Waals surface area contributed by atoms with Crippen LogP contribution in [0.3, 0.4) is 0 Å². The van der Waals surface area contributed by atoms with Gasteiger partial charge in [0.25, 0.3) is 0 Å². The van der Waals surface area contributed by atoms with Gasteiger partial charge < -0.3 is 4.74 Å². The molecule has 1 saturated heterocycles. The van der Waals surface area contributed by atoms with Gasteiger partial charge in [-0.05, 0) is 15.9 Å². The Hall–Kier alpha value is -0.350. The van der Waals surface area contributed by atoms with Crippen molar-refractivity contribution in [3.63, 3.8) is 0 Å². The lowest BCUT2D eigenvalue weighted by Crippen LogP contribution is -2.02. The Bertz CT molecular complexity index is 248. The largest absolute Gasteiger partial charge is 0.373 e. The molecule has 0 spiro atoms. The van der Waals surface area contributed by atoms with E-state index < -0.39 is 0 Å². The smallest absolute Gasteiger partial charge is 0.0865 e. The van der Waals surface area contributed by atoms with E-state index in [4.69, 9.17) is 4.74 Å². The summed E-state index contributed by atoms with van der Waals surface area (Å²) in [6.45, 7) is 0.900. The number of aryl methyl sites for hydroxylation is 1. The highest BCUT2D eigenvalue weighted by molar-refractivity contribution is 9.10. The fourth-order valence-electron chi connectivity index (χ4n) is 1.07. The molecule has 1 atom stereocenters. The van der Waals surface area contributed by atoms with Crippen molar-refractivity contribution in [3.05, 3.63) is 16.4 Å². The van der Waals surface area contributed by atoms with Crippen LogP contribution in [-0.2, 0) is 18.2 Å². The molecule has 60 valence electrons. The number of nitrogens with zero attached hydrogens (tertiary/aromatic N) is 2. The van der Waals surface area contributed by atoms with Gasteiger partial charge >= 0.3 is 0 Å². The maximum Gasteiger partial charge on any atom is 0.0865 e. The summed E-state index contributed by atoms with van der Waals surface area (Å²) >= 11 is 3.43. The van der Waals surface area contributed by atoms with Crippen molar-refractivity contribution in [2.75, 3.05) is 6.61 Å². The van der Waals surface area contributed by atoms with Gasteiger partial charge in [-0.3, -0.25) is 4.68 Å². The maximum atomic E-state index is 5.13. The number of aromatic nitrogens is 2. The molecule has 2 rings (SSSR count). The number of ether oxygens (including phenoxy) is 1. The molecule has 0 aromatic carbocycles. The number of rotatable bonds is 2. The van der Waals surface area contributed by atoms with Crippen LogP contribution in [-0.4, -0.2) is 22.5 Å². The lowest BCUT2D eigenvalue weighted by atomic mass is 10.2. The van der Waals surface area contributed by atoms with Crippen molar-refractivity contribution in [2.24, 2.45) is 7.05 Å². The van der Waals surface area contributed by atoms with Crippen LogP contribution in [0.25, 0.3) is 0 Å². The summed E-state index contributed by atoms with van der Waals surface area (Å²) in [6, 6.07) is 0. The monoisotopic (exact) mass is 216 g/mol. The molecule has 2 heterocycles. The van der Waals surface area contributed by atoms with E-state index in [1.165, 1.54) is 5.69 Å². The molecule has 3 nitrogen and oxygen atoms in total. The fraction of sp³-hybridized carbons (Fsp3) is 0.571. The van der Waals surface area contributed by atoms with Gasteiger partial charge in [0, 0.05) is 13.5 Å². The van der Waals surface area contributed by atoms with Gasteiger partial charge in [0.1, 0.15) is 0 Å². The number of hydrogen-bond acceptors (Lipinski definition) is 2. The summed E-state index contributed by atoms with van der Waals surface area (Å²) in [7, 11) is 1.95. The first-order chi connectivity index (χ1) is 5.27. The normalized spacial score (nSPS) is 22.2. The van der Waals surface area contributed by atoms with Crippen LogP contribution < -0.4 is 0 Å². The average molecular weight is 217 g/mol. The van der Waals surface area contributed by atoms with Crippen LogP contribution in [0.1, 0.15) is 5.69 Å². The zero-order valence-corrected chi connectivity index (χ0v) is 7.84. The number of halogens is 1. The van der Waals surface area contributed by atoms with E-state index in [2.05, 4.69) is 21.0 Å². The minimum Gasteiger partial charge on any atom is -0.373 e. The Labute approximate surface area is 73.5 Å². The molecule has 11 heavy (non-hydrogen) atoms. The van der Waals surface area contributed by atoms with Crippen LogP contribution in [0.5, 0.6) is 0 Å². The second-order valence-corrected chi connectivity index (χ2v) is 3.58. The summed E-state index contributed by atoms with van der Waals surface area (Å²) in [5.41, 5.74) is 1.22. The van der Waals surface area contributed by atoms with E-state index in [0.717, 1.165) is 17.5 Å². The fourth-order valence-corrected chi connectivity index (χ4v) is 1.58. The summed E-state index contributed by atoms with van der Waals surface area (Å²) in [5.74, 6) is 0. The minimum absolute atomic E-state index is 0.432. The predicted octanol–water partition coefficient (Wildman–Crippen LogP) is 1.12. The lowest BCUT2D eigenvalue weighted by molar-refractivity contribution is 0.403. The Morgan fingerprint density at radius 3 is 3.09 bits per heavy atom. The zero-order valence-electron chi connectivity index (χ0n) is 6.25. The Morgan fingerprint density at radius 1 is 1.91 bits per heavy atom. The highest BCUT2D eigenvalue weighted by atomic mass is 79.9. The summed E-state index contributed by atoms with van der Waals surface area (Å²) in [6.07, 6.45) is 3.22. The molecule has 4 heteroatoms. The van der Waals surface area contributed by atoms with E-state index in [9.17, 15) is 0 Å². The first-order valence-corrected chi connectivity index (χ1v) is 4.34. The molecular formula is C7H9BrN2O. The lowest BCUT2D eigenvalue weighted by Gasteiger charge is -1.98. The van der Waals surface area contributed by atoms with E-state index in [1.54, 1.807) is 0 Å². The second-order valence-electron chi connectivity index (χ2n) is 2.72. The molecule has 0 bridgehead atoms. The van der Waals surface area contributed by atoms with Gasteiger partial charge in [-0.15, -0.1) is 0 Å². The molecule has 0 aliphatic carbocycles. The maximum absolute atomic E-state index is 5.13. The molecule has 0 radical (unpaired) electrons. The van der Waals surface area contributed by atoms with Crippen molar-refractivity contribution in [2.45, 2.75) is 12.5 Å². The summed E-state index contributed by atoms with van der Waals surface area (Å²) in [4.78, 5) is 0. The number of epoxide rings is 1. The first-order valence-electron chi connectivity index (χ1n) is 3.55. The van der Waals surface area contributed by atoms with Crippen molar-refractivity contribution in [3.8, 4) is 0 Å². The van der Waals surface area contributed by atoms with E-state index in [0.29, 0.717) is 6.10 Å². The van der Waals surface area contributed by atoms with Crippen molar-refractivity contribution < 1.29 is 4.74 Å². The van der Waals surface area contributed by atoms with Gasteiger partial charge in [0.2, 0.25) is 0 Å². The van der Waals surface area contributed by atoms with E-state index in [1.807, 2.05) is 17.9 Å². The van der Waals surface area contributed by atoms with Gasteiger partial charge in [-0.1, -0.05) is 0 Å². The highest BCUT2D eigenvalue weighted by Gasteiger charge is 2.25. The molecule has 0 N–H and O–H groups in total. The molecule has 1 aliphatic rings. The van der Waals surface area contributed by atoms with E-state index in [-0.39, 0.29) is 0 Å². The molecule has 1 fully saturated rings. The Morgan fingerprint density at radius 2 is 2.64 bits per heavy atom. The van der Waals surface area contributed by atoms with Crippen molar-refractivity contribution in [1.29, 1.82) is 0 Å². The highest BCUT2D eigenvalue weighted by Crippen LogP contribution is 2.21. The molecular weight excluding hydrogens is 208 g/mol. The first kappa shape index (κ1) is 7.31. The quantitative estimate of drug-likeness (QED) is 0.695. The molecule has 1 aliphatic heterocycles. The molecule has 0 amide bonds. The van der Waals surface area contributed by atoms with Crippen LogP contribution in [0.2, 0.25) is 0 Å². The van der Waals surface area contributed by atoms with Crippen LogP contribution in [0.4, 0.5) is 0 Å². The predicted molar refractivity (Wildman–Crippen MR) is 44.4 cm³/mol. The summed E-state index contributed by atoms with van der Waals surface area (Å²) < 4.78 is 8.09.